The molecule has 0 bridgehead atoms. The lowest BCUT2D eigenvalue weighted by molar-refractivity contribution is -0.126. The predicted octanol–water partition coefficient (Wildman–Crippen LogP) is 12.6. The molecule has 45 heavy (non-hydrogen) atoms. The van der Waals surface area contributed by atoms with Crippen LogP contribution in [0.3, 0.4) is 0 Å². The molecule has 0 saturated heterocycles. The summed E-state index contributed by atoms with van der Waals surface area (Å²) in [5.41, 5.74) is 11.2. The number of anilines is 1. The monoisotopic (exact) mass is 622 g/mol. The fourth-order valence-electron chi connectivity index (χ4n) is 5.54. The minimum atomic E-state index is -0.521. The van der Waals surface area contributed by atoms with Crippen molar-refractivity contribution in [2.24, 2.45) is 28.7 Å². The van der Waals surface area contributed by atoms with Crippen molar-refractivity contribution >= 4 is 23.5 Å². The summed E-state index contributed by atoms with van der Waals surface area (Å²) in [5.74, 6) is 3.71. The molecule has 1 heterocycles. The predicted molar refractivity (Wildman–Crippen MR) is 202 cm³/mol. The smallest absolute Gasteiger partial charge is 0.145 e. The molecule has 1 aliphatic rings. The lowest BCUT2D eigenvalue weighted by Gasteiger charge is -2.31. The topological polar surface area (TPSA) is 68.3 Å². The minimum Gasteiger partial charge on any atom is -0.383 e. The number of pyridine rings is 1. The fraction of sp³-hybridized carbons (Fsp3) is 0.683. The van der Waals surface area contributed by atoms with E-state index in [2.05, 4.69) is 64.5 Å². The highest BCUT2D eigenvalue weighted by atomic mass is 16.1. The molecule has 3 rings (SSSR count). The molecule has 2 aromatic rings. The third-order valence-electron chi connectivity index (χ3n) is 8.29. The van der Waals surface area contributed by atoms with E-state index in [1.807, 2.05) is 72.9 Å². The van der Waals surface area contributed by atoms with Crippen LogP contribution in [0.2, 0.25) is 0 Å². The number of ketones is 1. The Morgan fingerprint density at radius 3 is 1.93 bits per heavy atom. The number of nitrogen functional groups attached to an aromatic ring is 1. The number of nitrogens with zero attached hydrogens (tertiary/aromatic N) is 2. The van der Waals surface area contributed by atoms with Crippen molar-refractivity contribution in [2.75, 3.05) is 5.73 Å². The van der Waals surface area contributed by atoms with Gasteiger partial charge in [0.25, 0.3) is 0 Å². The van der Waals surface area contributed by atoms with E-state index in [4.69, 9.17) is 5.73 Å². The summed E-state index contributed by atoms with van der Waals surface area (Å²) in [4.78, 5) is 21.7. The van der Waals surface area contributed by atoms with Gasteiger partial charge in [0.05, 0.1) is 11.4 Å². The standard InChI is InChI=1S/C23H31N3O.C7H14.C7H16.C4H10/c1-8-11-25-19-13-20(26-22(24)16(19)5)17-9-10-18(15(4)12-17)23(6,7)21(27)14(2)3;1-3-7-4-6(2)5-7;1-3-5-7-6-4-2;1-4(2)3/h9-14H,8H2,1-7H3,(H2,24,26);6-7H,3-5H2,1-2H3;3-7H2,1-2H3;4H,1-3H3. The maximum absolute atomic E-state index is 12.7. The Balaban J connectivity index is 0.000000867. The highest BCUT2D eigenvalue weighted by Crippen LogP contribution is 2.35. The molecule has 256 valence electrons. The lowest BCUT2D eigenvalue weighted by atomic mass is 9.74. The number of benzene rings is 1. The van der Waals surface area contributed by atoms with Crippen molar-refractivity contribution in [3.63, 3.8) is 0 Å². The number of carbonyl (C=O) groups excluding carboxylic acids is 1. The molecule has 0 unspecified atom stereocenters. The van der Waals surface area contributed by atoms with Crippen LogP contribution in [-0.4, -0.2) is 17.0 Å². The summed E-state index contributed by atoms with van der Waals surface area (Å²) >= 11 is 0. The Morgan fingerprint density at radius 2 is 1.53 bits per heavy atom. The van der Waals surface area contributed by atoms with Crippen molar-refractivity contribution in [1.29, 1.82) is 0 Å². The van der Waals surface area contributed by atoms with Gasteiger partial charge < -0.3 is 5.73 Å². The number of aromatic nitrogens is 1. The van der Waals surface area contributed by atoms with Gasteiger partial charge >= 0.3 is 0 Å². The zero-order valence-electron chi connectivity index (χ0n) is 31.9. The van der Waals surface area contributed by atoms with E-state index in [9.17, 15) is 4.79 Å². The van der Waals surface area contributed by atoms with Gasteiger partial charge in [0.1, 0.15) is 11.6 Å². The van der Waals surface area contributed by atoms with Crippen molar-refractivity contribution in [3.05, 3.63) is 41.0 Å². The number of rotatable bonds is 11. The highest BCUT2D eigenvalue weighted by Gasteiger charge is 2.32. The number of hydrogen-bond acceptors (Lipinski definition) is 4. The van der Waals surface area contributed by atoms with Crippen LogP contribution in [0.25, 0.3) is 11.3 Å². The summed E-state index contributed by atoms with van der Waals surface area (Å²) in [6.07, 6.45) is 14.1. The summed E-state index contributed by atoms with van der Waals surface area (Å²) in [6, 6.07) is 8.10. The first-order valence-corrected chi connectivity index (χ1v) is 18.0. The second kappa shape index (κ2) is 22.1. The fourth-order valence-corrected chi connectivity index (χ4v) is 5.54. The maximum atomic E-state index is 12.7. The van der Waals surface area contributed by atoms with Crippen molar-refractivity contribution in [1.82, 2.24) is 4.98 Å². The summed E-state index contributed by atoms with van der Waals surface area (Å²) in [6.45, 7) is 29.5. The quantitative estimate of drug-likeness (QED) is 0.200. The van der Waals surface area contributed by atoms with Gasteiger partial charge in [-0.25, -0.2) is 4.98 Å². The molecule has 1 aliphatic carbocycles. The number of unbranched alkanes of at least 4 members (excludes halogenated alkanes) is 4. The van der Waals surface area contributed by atoms with Crippen LogP contribution in [0.4, 0.5) is 11.5 Å². The van der Waals surface area contributed by atoms with Crippen LogP contribution in [0.5, 0.6) is 0 Å². The van der Waals surface area contributed by atoms with Crippen LogP contribution in [-0.2, 0) is 10.2 Å². The van der Waals surface area contributed by atoms with E-state index in [1.54, 1.807) is 0 Å². The van der Waals surface area contributed by atoms with E-state index in [1.165, 1.54) is 51.4 Å². The maximum Gasteiger partial charge on any atom is 0.145 e. The number of hydrogen-bond donors (Lipinski definition) is 1. The SMILES string of the molecule is CC(C)C.CCC1CC(C)C1.CCC=Nc1cc(-c2ccc(C(C)(C)C(=O)C(C)C)c(C)c2)nc(N)c1C.CCCCCCC. The molecule has 1 aromatic heterocycles. The zero-order valence-corrected chi connectivity index (χ0v) is 31.9. The average Bonchev–Trinajstić information content (AvgIpc) is 2.96. The molecule has 1 saturated carbocycles. The minimum absolute atomic E-state index is 0.00312. The Morgan fingerprint density at radius 1 is 0.978 bits per heavy atom. The molecule has 4 nitrogen and oxygen atoms in total. The first-order valence-electron chi connectivity index (χ1n) is 18.0. The summed E-state index contributed by atoms with van der Waals surface area (Å²) in [5, 5.41) is 0. The summed E-state index contributed by atoms with van der Waals surface area (Å²) < 4.78 is 0. The molecule has 0 aliphatic heterocycles. The van der Waals surface area contributed by atoms with Crippen LogP contribution in [0.1, 0.15) is 158 Å². The van der Waals surface area contributed by atoms with Crippen LogP contribution in [0.15, 0.2) is 29.3 Å². The molecule has 1 aromatic carbocycles. The van der Waals surface area contributed by atoms with Gasteiger partial charge in [-0.05, 0) is 88.0 Å². The number of aliphatic imine (C=N–C) groups is 1. The lowest BCUT2D eigenvalue weighted by Crippen LogP contribution is -2.33. The van der Waals surface area contributed by atoms with Crippen LogP contribution < -0.4 is 5.73 Å². The number of nitrogens with two attached hydrogens (primary N) is 1. The van der Waals surface area contributed by atoms with Gasteiger partial charge in [-0.1, -0.05) is 120 Å². The third kappa shape index (κ3) is 15.6. The van der Waals surface area contributed by atoms with Crippen molar-refractivity contribution in [3.8, 4) is 11.3 Å². The van der Waals surface area contributed by atoms with Crippen LogP contribution >= 0.6 is 0 Å². The van der Waals surface area contributed by atoms with Gasteiger partial charge in [0.15, 0.2) is 0 Å². The Hall–Kier alpha value is -2.49. The van der Waals surface area contributed by atoms with Gasteiger partial charge in [-0.3, -0.25) is 9.79 Å². The van der Waals surface area contributed by atoms with E-state index < -0.39 is 5.41 Å². The largest absolute Gasteiger partial charge is 0.383 e. The molecular formula is C41H71N3O. The van der Waals surface area contributed by atoms with Gasteiger partial charge in [0, 0.05) is 28.7 Å². The molecule has 1 fully saturated rings. The first kappa shape index (κ1) is 42.5. The molecule has 0 spiro atoms. The van der Waals surface area contributed by atoms with Crippen molar-refractivity contribution in [2.45, 2.75) is 160 Å². The van der Waals surface area contributed by atoms with Gasteiger partial charge in [0.2, 0.25) is 0 Å². The van der Waals surface area contributed by atoms with Crippen LogP contribution in [0, 0.1) is 37.5 Å². The van der Waals surface area contributed by atoms with E-state index >= 15 is 0 Å². The van der Waals surface area contributed by atoms with E-state index in [-0.39, 0.29) is 11.7 Å². The second-order valence-corrected chi connectivity index (χ2v) is 14.6. The number of carbonyl (C=O) groups is 1. The van der Waals surface area contributed by atoms with E-state index in [0.29, 0.717) is 5.82 Å². The Kier molecular flexibility index (Phi) is 20.9. The zero-order chi connectivity index (χ0) is 34.7. The number of Topliss-reactive ketones (excluding diaryl/α,β-unsaturated/α-hetero) is 1. The van der Waals surface area contributed by atoms with Gasteiger partial charge in [-0.2, -0.15) is 0 Å². The average molecular weight is 622 g/mol. The molecular weight excluding hydrogens is 550 g/mol. The Bertz CT molecular complexity index is 1130. The highest BCUT2D eigenvalue weighted by molar-refractivity contribution is 5.91. The van der Waals surface area contributed by atoms with Crippen molar-refractivity contribution < 1.29 is 4.79 Å². The molecule has 0 radical (unpaired) electrons. The molecule has 0 atom stereocenters. The molecule has 0 amide bonds. The van der Waals surface area contributed by atoms with Gasteiger partial charge in [-0.15, -0.1) is 0 Å². The summed E-state index contributed by atoms with van der Waals surface area (Å²) in [7, 11) is 0. The normalized spacial score (nSPS) is 15.8. The van der Waals surface area contributed by atoms with E-state index in [0.717, 1.165) is 57.8 Å². The molecule has 4 heteroatoms. The third-order valence-corrected chi connectivity index (χ3v) is 8.29. The number of aryl methyl sites for hydroxylation is 1. The second-order valence-electron chi connectivity index (χ2n) is 14.6. The Labute approximate surface area is 279 Å². The molecule has 2 N–H and O–H groups in total. The first-order chi connectivity index (χ1) is 21.1.